The lowest BCUT2D eigenvalue weighted by Crippen LogP contribution is -2.16. The number of carbonyl (C=O) groups is 1. The van der Waals surface area contributed by atoms with Gasteiger partial charge in [0.25, 0.3) is 0 Å². The molecule has 2 rings (SSSR count). The number of thiophene rings is 1. The molecule has 1 atom stereocenters. The van der Waals surface area contributed by atoms with Crippen molar-refractivity contribution < 1.29 is 4.79 Å². The van der Waals surface area contributed by atoms with E-state index in [9.17, 15) is 4.79 Å². The largest absolute Gasteiger partial charge is 0.299 e. The zero-order chi connectivity index (χ0) is 14.9. The number of rotatable bonds is 10. The Morgan fingerprint density at radius 3 is 2.62 bits per heavy atom. The van der Waals surface area contributed by atoms with E-state index >= 15 is 0 Å². The quantitative estimate of drug-likeness (QED) is 0.466. The summed E-state index contributed by atoms with van der Waals surface area (Å²) in [7, 11) is 0. The Hall–Kier alpha value is -0.630. The lowest BCUT2D eigenvalue weighted by Gasteiger charge is -2.21. The molecule has 1 aromatic heterocycles. The molecule has 0 aliphatic heterocycles. The van der Waals surface area contributed by atoms with Crippen molar-refractivity contribution in [1.82, 2.24) is 0 Å². The summed E-state index contributed by atoms with van der Waals surface area (Å²) in [6.45, 7) is 2.26. The molecule has 1 nitrogen and oxygen atoms in total. The monoisotopic (exact) mass is 306 g/mol. The molecular formula is C19H30OS. The van der Waals surface area contributed by atoms with E-state index in [4.69, 9.17) is 0 Å². The molecule has 0 saturated heterocycles. The molecule has 1 aromatic rings. The second kappa shape index (κ2) is 9.40. The van der Waals surface area contributed by atoms with Crippen LogP contribution in [0.3, 0.4) is 0 Å². The second-order valence-electron chi connectivity index (χ2n) is 6.44. The van der Waals surface area contributed by atoms with Crippen LogP contribution in [0.25, 0.3) is 0 Å². The maximum absolute atomic E-state index is 12.4. The smallest absolute Gasteiger partial charge is 0.140 e. The van der Waals surface area contributed by atoms with Crippen LogP contribution < -0.4 is 0 Å². The number of aryl methyl sites for hydroxylation is 1. The second-order valence-corrected chi connectivity index (χ2v) is 7.44. The van der Waals surface area contributed by atoms with Crippen molar-refractivity contribution in [3.05, 3.63) is 21.9 Å². The average Bonchev–Trinajstić information content (AvgIpc) is 2.98. The molecule has 0 fully saturated rings. The molecular weight excluding hydrogens is 276 g/mol. The van der Waals surface area contributed by atoms with Crippen LogP contribution in [0.15, 0.2) is 11.4 Å². The Balaban J connectivity index is 1.61. The van der Waals surface area contributed by atoms with Crippen molar-refractivity contribution in [3.63, 3.8) is 0 Å². The molecule has 1 unspecified atom stereocenters. The topological polar surface area (TPSA) is 17.1 Å². The van der Waals surface area contributed by atoms with Gasteiger partial charge in [-0.2, -0.15) is 0 Å². The molecule has 0 N–H and O–H groups in total. The van der Waals surface area contributed by atoms with Gasteiger partial charge in [-0.3, -0.25) is 4.79 Å². The van der Waals surface area contributed by atoms with E-state index in [-0.39, 0.29) is 5.92 Å². The molecule has 0 bridgehead atoms. The zero-order valence-electron chi connectivity index (χ0n) is 13.5. The number of hydrogen-bond acceptors (Lipinski definition) is 2. The fraction of sp³-hybridized carbons (Fsp3) is 0.737. The minimum Gasteiger partial charge on any atom is -0.299 e. The van der Waals surface area contributed by atoms with E-state index in [0.29, 0.717) is 5.78 Å². The Bertz CT molecular complexity index is 421. The van der Waals surface area contributed by atoms with Gasteiger partial charge in [-0.15, -0.1) is 11.3 Å². The van der Waals surface area contributed by atoms with Gasteiger partial charge in [-0.1, -0.05) is 51.9 Å². The first-order chi connectivity index (χ1) is 10.3. The van der Waals surface area contributed by atoms with Gasteiger partial charge in [0.15, 0.2) is 0 Å². The highest BCUT2D eigenvalue weighted by molar-refractivity contribution is 7.10. The van der Waals surface area contributed by atoms with Gasteiger partial charge in [0.2, 0.25) is 0 Å². The molecule has 118 valence electrons. The molecule has 2 heteroatoms. The highest BCUT2D eigenvalue weighted by atomic mass is 32.1. The average molecular weight is 307 g/mol. The van der Waals surface area contributed by atoms with E-state index in [0.717, 1.165) is 19.3 Å². The first-order valence-corrected chi connectivity index (χ1v) is 9.80. The molecule has 0 saturated carbocycles. The van der Waals surface area contributed by atoms with Crippen molar-refractivity contribution in [2.24, 2.45) is 0 Å². The standard InChI is InChI=1S/C19H30OS/c1-2-3-4-5-6-7-8-9-12-18(20)16-11-10-13-19-17(16)14-15-21-19/h14-16H,2-13H2,1H3. The van der Waals surface area contributed by atoms with Gasteiger partial charge < -0.3 is 0 Å². The molecule has 1 aliphatic rings. The van der Waals surface area contributed by atoms with Crippen molar-refractivity contribution in [1.29, 1.82) is 0 Å². The molecule has 1 heterocycles. The van der Waals surface area contributed by atoms with Gasteiger partial charge >= 0.3 is 0 Å². The van der Waals surface area contributed by atoms with Crippen molar-refractivity contribution in [2.45, 2.75) is 89.9 Å². The highest BCUT2D eigenvalue weighted by Crippen LogP contribution is 2.36. The fourth-order valence-corrected chi connectivity index (χ4v) is 4.42. The number of carbonyl (C=O) groups excluding carboxylic acids is 1. The fourth-order valence-electron chi connectivity index (χ4n) is 3.43. The molecule has 0 amide bonds. The summed E-state index contributed by atoms with van der Waals surface area (Å²) in [6.07, 6.45) is 14.7. The summed E-state index contributed by atoms with van der Waals surface area (Å²) in [4.78, 5) is 13.9. The third kappa shape index (κ3) is 5.25. The van der Waals surface area contributed by atoms with Crippen LogP contribution >= 0.6 is 11.3 Å². The Morgan fingerprint density at radius 1 is 1.14 bits per heavy atom. The number of hydrogen-bond donors (Lipinski definition) is 0. The third-order valence-electron chi connectivity index (χ3n) is 4.72. The van der Waals surface area contributed by atoms with Gasteiger partial charge in [0.05, 0.1) is 0 Å². The van der Waals surface area contributed by atoms with E-state index in [1.165, 1.54) is 68.2 Å². The van der Waals surface area contributed by atoms with Crippen LogP contribution in [-0.2, 0) is 11.2 Å². The number of unbranched alkanes of at least 4 members (excludes halogenated alkanes) is 7. The summed E-state index contributed by atoms with van der Waals surface area (Å²) >= 11 is 1.84. The van der Waals surface area contributed by atoms with Crippen LogP contribution in [0.1, 0.15) is 93.9 Å². The summed E-state index contributed by atoms with van der Waals surface area (Å²) in [5.74, 6) is 0.727. The number of Topliss-reactive ketones (excluding diaryl/α,β-unsaturated/α-hetero) is 1. The minimum absolute atomic E-state index is 0.226. The summed E-state index contributed by atoms with van der Waals surface area (Å²) in [6, 6.07) is 2.19. The van der Waals surface area contributed by atoms with Crippen LogP contribution in [0, 0.1) is 0 Å². The molecule has 21 heavy (non-hydrogen) atoms. The van der Waals surface area contributed by atoms with Crippen molar-refractivity contribution in [2.75, 3.05) is 0 Å². The van der Waals surface area contributed by atoms with Gasteiger partial charge in [-0.05, 0) is 42.7 Å². The maximum atomic E-state index is 12.4. The normalized spacial score (nSPS) is 17.7. The van der Waals surface area contributed by atoms with Gasteiger partial charge in [-0.25, -0.2) is 0 Å². The maximum Gasteiger partial charge on any atom is 0.140 e. The number of ketones is 1. The van der Waals surface area contributed by atoms with E-state index in [2.05, 4.69) is 18.4 Å². The Kier molecular flexibility index (Phi) is 7.49. The molecule has 0 aromatic carbocycles. The number of fused-ring (bicyclic) bond motifs is 1. The van der Waals surface area contributed by atoms with E-state index < -0.39 is 0 Å². The lowest BCUT2D eigenvalue weighted by atomic mass is 9.83. The molecule has 0 radical (unpaired) electrons. The van der Waals surface area contributed by atoms with Crippen LogP contribution in [0.4, 0.5) is 0 Å². The Labute approximate surface area is 134 Å². The SMILES string of the molecule is CCCCCCCCCCC(=O)C1CCCc2sccc21. The first kappa shape index (κ1) is 16.7. The Morgan fingerprint density at radius 2 is 1.86 bits per heavy atom. The summed E-state index contributed by atoms with van der Waals surface area (Å²) in [5.41, 5.74) is 1.36. The predicted octanol–water partition coefficient (Wildman–Crippen LogP) is 6.27. The van der Waals surface area contributed by atoms with Crippen LogP contribution in [0.5, 0.6) is 0 Å². The first-order valence-electron chi connectivity index (χ1n) is 8.92. The van der Waals surface area contributed by atoms with Gasteiger partial charge in [0, 0.05) is 17.2 Å². The van der Waals surface area contributed by atoms with Crippen molar-refractivity contribution in [3.8, 4) is 0 Å². The third-order valence-corrected chi connectivity index (χ3v) is 5.71. The van der Waals surface area contributed by atoms with E-state index in [1.807, 2.05) is 11.3 Å². The van der Waals surface area contributed by atoms with Crippen LogP contribution in [-0.4, -0.2) is 5.78 Å². The van der Waals surface area contributed by atoms with Gasteiger partial charge in [0.1, 0.15) is 5.78 Å². The van der Waals surface area contributed by atoms with Crippen molar-refractivity contribution >= 4 is 17.1 Å². The van der Waals surface area contributed by atoms with E-state index in [1.54, 1.807) is 0 Å². The molecule has 0 spiro atoms. The highest BCUT2D eigenvalue weighted by Gasteiger charge is 2.26. The summed E-state index contributed by atoms with van der Waals surface area (Å²) in [5, 5.41) is 2.16. The minimum atomic E-state index is 0.226. The molecule has 1 aliphatic carbocycles. The summed E-state index contributed by atoms with van der Waals surface area (Å²) < 4.78 is 0. The predicted molar refractivity (Wildman–Crippen MR) is 92.2 cm³/mol. The zero-order valence-corrected chi connectivity index (χ0v) is 14.4. The van der Waals surface area contributed by atoms with Crippen LogP contribution in [0.2, 0.25) is 0 Å². The lowest BCUT2D eigenvalue weighted by molar-refractivity contribution is -0.120.